The first kappa shape index (κ1) is 31.2. The molecule has 0 aliphatic carbocycles. The van der Waals surface area contributed by atoms with E-state index in [0.717, 1.165) is 19.0 Å². The number of rotatable bonds is 0. The van der Waals surface area contributed by atoms with Crippen molar-refractivity contribution in [3.05, 3.63) is 84.9 Å². The summed E-state index contributed by atoms with van der Waals surface area (Å²) in [6.45, 7) is 8.61. The Hall–Kier alpha value is -0.456. The van der Waals surface area contributed by atoms with Crippen molar-refractivity contribution in [3.63, 3.8) is 0 Å². The van der Waals surface area contributed by atoms with E-state index in [0.29, 0.717) is 0 Å². The maximum absolute atomic E-state index is 2.15. The van der Waals surface area contributed by atoms with E-state index < -0.39 is 0 Å². The SMILES string of the molecule is C[Si]C.C[Si]C.[Cl-].[Cl-].[Hf+4].c1ccc2[cH-]ccc2c1.c1ccc2[cH-]ccc2c1. The summed E-state index contributed by atoms with van der Waals surface area (Å²) < 4.78 is 0. The first-order chi connectivity index (χ1) is 11.8. The van der Waals surface area contributed by atoms with Crippen molar-refractivity contribution >= 4 is 40.6 Å². The molecule has 0 aliphatic heterocycles. The summed E-state index contributed by atoms with van der Waals surface area (Å²) in [5.74, 6) is 0. The topological polar surface area (TPSA) is 0 Å². The Kier molecular flexibility index (Phi) is 23.5. The number of benzene rings is 2. The fourth-order valence-corrected chi connectivity index (χ4v) is 2.14. The molecule has 0 atom stereocenters. The van der Waals surface area contributed by atoms with E-state index in [9.17, 15) is 0 Å². The zero-order valence-corrected chi connectivity index (χ0v) is 23.4. The van der Waals surface area contributed by atoms with Crippen LogP contribution in [0, 0.1) is 0 Å². The Labute approximate surface area is 201 Å². The zero-order chi connectivity index (χ0) is 17.6. The number of hydrogen-bond acceptors (Lipinski definition) is 0. The van der Waals surface area contributed by atoms with E-state index in [1.165, 1.54) is 21.5 Å². The summed E-state index contributed by atoms with van der Waals surface area (Å²) in [6, 6.07) is 29.3. The van der Waals surface area contributed by atoms with Crippen LogP contribution in [0.3, 0.4) is 0 Å². The minimum atomic E-state index is 0. The molecule has 0 fully saturated rings. The quantitative estimate of drug-likeness (QED) is 0.208. The maximum Gasteiger partial charge on any atom is 4.00 e. The molecule has 0 saturated heterocycles. The van der Waals surface area contributed by atoms with E-state index in [4.69, 9.17) is 0 Å². The van der Waals surface area contributed by atoms with Crippen LogP contribution in [-0.4, -0.2) is 19.0 Å². The van der Waals surface area contributed by atoms with Crippen molar-refractivity contribution in [1.82, 2.24) is 0 Å². The van der Waals surface area contributed by atoms with Gasteiger partial charge in [-0.15, -0.1) is 59.3 Å². The third-order valence-corrected chi connectivity index (χ3v) is 3.10. The first-order valence-corrected chi connectivity index (χ1v) is 12.1. The van der Waals surface area contributed by atoms with Gasteiger partial charge in [-0.25, -0.2) is 0 Å². The molecule has 0 heterocycles. The molecule has 0 spiro atoms. The van der Waals surface area contributed by atoms with Gasteiger partial charge in [0.1, 0.15) is 0 Å². The molecule has 0 aliphatic rings. The van der Waals surface area contributed by atoms with Gasteiger partial charge in [0, 0.05) is 19.0 Å². The maximum atomic E-state index is 2.15. The summed E-state index contributed by atoms with van der Waals surface area (Å²) in [5.41, 5.74) is 0. The van der Waals surface area contributed by atoms with E-state index >= 15 is 0 Å². The zero-order valence-electron chi connectivity index (χ0n) is 16.3. The van der Waals surface area contributed by atoms with Crippen LogP contribution in [0.5, 0.6) is 0 Å². The van der Waals surface area contributed by atoms with Gasteiger partial charge in [0.2, 0.25) is 0 Å². The average Bonchev–Trinajstić information content (AvgIpc) is 3.26. The van der Waals surface area contributed by atoms with Gasteiger partial charge in [-0.1, -0.05) is 38.3 Å². The second-order valence-corrected chi connectivity index (χ2v) is 7.31. The van der Waals surface area contributed by atoms with Crippen molar-refractivity contribution in [1.29, 1.82) is 0 Å². The minimum absolute atomic E-state index is 0. The summed E-state index contributed by atoms with van der Waals surface area (Å²) in [4.78, 5) is 0. The van der Waals surface area contributed by atoms with Crippen molar-refractivity contribution in [3.8, 4) is 0 Å². The van der Waals surface area contributed by atoms with Gasteiger partial charge in [0.15, 0.2) is 0 Å². The van der Waals surface area contributed by atoms with Crippen molar-refractivity contribution < 1.29 is 50.7 Å². The summed E-state index contributed by atoms with van der Waals surface area (Å²) in [5, 5.41) is 5.32. The van der Waals surface area contributed by atoms with Crippen LogP contribution in [0.25, 0.3) is 21.5 Å². The fraction of sp³-hybridized carbons (Fsp3) is 0.182. The van der Waals surface area contributed by atoms with Crippen LogP contribution in [0.2, 0.25) is 26.2 Å². The molecule has 0 amide bonds. The average molecular weight is 596 g/mol. The van der Waals surface area contributed by atoms with Crippen LogP contribution >= 0.6 is 0 Å². The Morgan fingerprint density at radius 3 is 1.15 bits per heavy atom. The molecule has 140 valence electrons. The molecule has 0 N–H and O–H groups in total. The van der Waals surface area contributed by atoms with Crippen LogP contribution < -0.4 is 24.8 Å². The third kappa shape index (κ3) is 12.6. The van der Waals surface area contributed by atoms with Gasteiger partial charge >= 0.3 is 25.8 Å². The second kappa shape index (κ2) is 20.3. The van der Waals surface area contributed by atoms with Crippen LogP contribution in [0.4, 0.5) is 0 Å². The Balaban J connectivity index is -0.000000307. The molecule has 27 heavy (non-hydrogen) atoms. The molecule has 0 unspecified atom stereocenters. The Morgan fingerprint density at radius 2 is 0.852 bits per heavy atom. The second-order valence-electron chi connectivity index (χ2n) is 5.31. The molecule has 0 nitrogen and oxygen atoms in total. The third-order valence-electron chi connectivity index (χ3n) is 3.10. The summed E-state index contributed by atoms with van der Waals surface area (Å²) in [7, 11) is 2.17. The van der Waals surface area contributed by atoms with Crippen molar-refractivity contribution in [2.45, 2.75) is 26.2 Å². The molecule has 5 heteroatoms. The van der Waals surface area contributed by atoms with Crippen LogP contribution in [0.1, 0.15) is 0 Å². The standard InChI is InChI=1S/2C9H7.2C2H6Si.2ClH.Hf/c2*1-2-5-9-7-3-6-8(9)4-1;2*1-3-2;;;/h2*1-7H;2*1-2H3;2*1H;/q2*-1;;;;;+4/p-2. The van der Waals surface area contributed by atoms with Crippen molar-refractivity contribution in [2.75, 3.05) is 0 Å². The predicted octanol–water partition coefficient (Wildman–Crippen LogP) is 0.697. The predicted molar refractivity (Wildman–Crippen MR) is 114 cm³/mol. The molecule has 4 radical (unpaired) electrons. The van der Waals surface area contributed by atoms with E-state index in [-0.39, 0.29) is 50.7 Å². The van der Waals surface area contributed by atoms with Crippen molar-refractivity contribution in [2.24, 2.45) is 0 Å². The number of halogens is 2. The number of fused-ring (bicyclic) bond motifs is 2. The molecule has 4 rings (SSSR count). The van der Waals surface area contributed by atoms with Gasteiger partial charge in [-0.3, -0.25) is 0 Å². The molecule has 0 saturated carbocycles. The molecular weight excluding hydrogens is 570 g/mol. The first-order valence-electron chi connectivity index (χ1n) is 8.14. The normalized spacial score (nSPS) is 8.15. The smallest absolute Gasteiger partial charge is 1.00 e. The summed E-state index contributed by atoms with van der Waals surface area (Å²) in [6.07, 6.45) is 0. The fourth-order valence-electron chi connectivity index (χ4n) is 2.14. The van der Waals surface area contributed by atoms with Gasteiger partial charge in [-0.05, 0) is 0 Å². The van der Waals surface area contributed by atoms with E-state index in [2.05, 4.69) is 111 Å². The monoisotopic (exact) mass is 596 g/mol. The largest absolute Gasteiger partial charge is 4.00 e. The molecule has 4 aromatic rings. The number of hydrogen-bond donors (Lipinski definition) is 0. The molecule has 4 aromatic carbocycles. The molecule has 0 bridgehead atoms. The minimum Gasteiger partial charge on any atom is -1.00 e. The van der Waals surface area contributed by atoms with Gasteiger partial charge in [0.05, 0.1) is 0 Å². The van der Waals surface area contributed by atoms with E-state index in [1.54, 1.807) is 0 Å². The van der Waals surface area contributed by atoms with E-state index in [1.807, 2.05) is 0 Å². The Bertz CT molecular complexity index is 668. The van der Waals surface area contributed by atoms with Gasteiger partial charge < -0.3 is 24.8 Å². The molecular formula is C22H26Cl2HfSi2. The summed E-state index contributed by atoms with van der Waals surface area (Å²) >= 11 is 0. The van der Waals surface area contributed by atoms with Gasteiger partial charge in [0.25, 0.3) is 0 Å². The van der Waals surface area contributed by atoms with Crippen LogP contribution in [-0.2, 0) is 25.8 Å². The van der Waals surface area contributed by atoms with Crippen LogP contribution in [0.15, 0.2) is 84.9 Å². The van der Waals surface area contributed by atoms with Gasteiger partial charge in [-0.2, -0.15) is 35.0 Å². The molecule has 0 aromatic heterocycles. The Morgan fingerprint density at radius 1 is 0.556 bits per heavy atom.